The standard InChI is InChI=1S/C14H15N/c1-2-11-3-5-12(6-4-11)13(7-8-13)14(15)9-10-14/h1,3-6H,7-10,15H2. The summed E-state index contributed by atoms with van der Waals surface area (Å²) >= 11 is 0. The fourth-order valence-electron chi connectivity index (χ4n) is 2.70. The molecule has 2 aliphatic carbocycles. The fourth-order valence-corrected chi connectivity index (χ4v) is 2.70. The second-order valence-corrected chi connectivity index (χ2v) is 4.96. The van der Waals surface area contributed by atoms with Crippen LogP contribution in [0.4, 0.5) is 0 Å². The minimum Gasteiger partial charge on any atom is -0.324 e. The average Bonchev–Trinajstić information content (AvgIpc) is 3.13. The van der Waals surface area contributed by atoms with Crippen molar-refractivity contribution >= 4 is 0 Å². The Hall–Kier alpha value is -1.26. The minimum atomic E-state index is 0.102. The van der Waals surface area contributed by atoms with Gasteiger partial charge < -0.3 is 5.73 Å². The zero-order valence-corrected chi connectivity index (χ0v) is 8.79. The molecule has 76 valence electrons. The number of benzene rings is 1. The van der Waals surface area contributed by atoms with Gasteiger partial charge in [-0.3, -0.25) is 0 Å². The molecule has 0 amide bonds. The van der Waals surface area contributed by atoms with E-state index in [4.69, 9.17) is 12.2 Å². The molecule has 0 radical (unpaired) electrons. The van der Waals surface area contributed by atoms with Gasteiger partial charge in [0.25, 0.3) is 0 Å². The molecule has 0 bridgehead atoms. The second kappa shape index (κ2) is 2.65. The third-order valence-corrected chi connectivity index (χ3v) is 4.10. The topological polar surface area (TPSA) is 26.0 Å². The van der Waals surface area contributed by atoms with E-state index in [-0.39, 0.29) is 5.54 Å². The lowest BCUT2D eigenvalue weighted by atomic mass is 9.86. The van der Waals surface area contributed by atoms with Crippen molar-refractivity contribution in [2.75, 3.05) is 0 Å². The van der Waals surface area contributed by atoms with Crippen LogP contribution in [0, 0.1) is 12.3 Å². The second-order valence-electron chi connectivity index (χ2n) is 4.96. The van der Waals surface area contributed by atoms with E-state index < -0.39 is 0 Å². The number of rotatable bonds is 2. The van der Waals surface area contributed by atoms with Gasteiger partial charge in [-0.2, -0.15) is 0 Å². The Bertz CT molecular complexity index is 427. The van der Waals surface area contributed by atoms with Crippen LogP contribution in [0.3, 0.4) is 0 Å². The lowest BCUT2D eigenvalue weighted by Gasteiger charge is -2.23. The van der Waals surface area contributed by atoms with Crippen LogP contribution in [-0.2, 0) is 5.41 Å². The summed E-state index contributed by atoms with van der Waals surface area (Å²) in [5.74, 6) is 2.65. The van der Waals surface area contributed by atoms with E-state index in [0.717, 1.165) is 5.56 Å². The minimum absolute atomic E-state index is 0.102. The maximum Gasteiger partial charge on any atom is 0.0253 e. The van der Waals surface area contributed by atoms with Crippen LogP contribution in [0.5, 0.6) is 0 Å². The molecule has 1 aromatic carbocycles. The predicted octanol–water partition coefficient (Wildman–Crippen LogP) is 2.19. The first-order chi connectivity index (χ1) is 7.20. The van der Waals surface area contributed by atoms with Gasteiger partial charge in [0.15, 0.2) is 0 Å². The molecule has 0 aromatic heterocycles. The molecule has 1 heteroatoms. The number of hydrogen-bond acceptors (Lipinski definition) is 1. The Morgan fingerprint density at radius 2 is 1.67 bits per heavy atom. The third kappa shape index (κ3) is 1.15. The normalized spacial score (nSPS) is 24.3. The lowest BCUT2D eigenvalue weighted by molar-refractivity contribution is 0.503. The first-order valence-corrected chi connectivity index (χ1v) is 5.56. The highest BCUT2D eigenvalue weighted by atomic mass is 14.9. The summed E-state index contributed by atoms with van der Waals surface area (Å²) in [6.07, 6.45) is 10.2. The van der Waals surface area contributed by atoms with E-state index in [9.17, 15) is 0 Å². The quantitative estimate of drug-likeness (QED) is 0.723. The first kappa shape index (κ1) is 9.00. The zero-order valence-electron chi connectivity index (χ0n) is 8.79. The van der Waals surface area contributed by atoms with Crippen LogP contribution >= 0.6 is 0 Å². The molecule has 1 aromatic rings. The lowest BCUT2D eigenvalue weighted by Crippen LogP contribution is -2.37. The summed E-state index contributed by atoms with van der Waals surface area (Å²) in [7, 11) is 0. The van der Waals surface area contributed by atoms with E-state index in [1.54, 1.807) is 0 Å². The van der Waals surface area contributed by atoms with E-state index in [0.29, 0.717) is 5.41 Å². The summed E-state index contributed by atoms with van der Waals surface area (Å²) in [5.41, 5.74) is 9.09. The van der Waals surface area contributed by atoms with Crippen molar-refractivity contribution in [1.29, 1.82) is 0 Å². The zero-order chi connectivity index (χ0) is 10.5. The van der Waals surface area contributed by atoms with E-state index in [2.05, 4.69) is 18.1 Å². The van der Waals surface area contributed by atoms with Gasteiger partial charge in [0.1, 0.15) is 0 Å². The first-order valence-electron chi connectivity index (χ1n) is 5.56. The van der Waals surface area contributed by atoms with Crippen molar-refractivity contribution in [1.82, 2.24) is 0 Å². The van der Waals surface area contributed by atoms with Crippen molar-refractivity contribution in [3.8, 4) is 12.3 Å². The summed E-state index contributed by atoms with van der Waals surface area (Å²) in [6.45, 7) is 0. The summed E-state index contributed by atoms with van der Waals surface area (Å²) in [5, 5.41) is 0. The van der Waals surface area contributed by atoms with Gasteiger partial charge in [-0.25, -0.2) is 0 Å². The molecule has 3 rings (SSSR count). The molecule has 0 heterocycles. The fraction of sp³-hybridized carbons (Fsp3) is 0.429. The van der Waals surface area contributed by atoms with Crippen LogP contribution in [0.25, 0.3) is 0 Å². The predicted molar refractivity (Wildman–Crippen MR) is 61.4 cm³/mol. The molecular formula is C14H15N. The largest absolute Gasteiger partial charge is 0.324 e. The Kier molecular flexibility index (Phi) is 1.59. The highest BCUT2D eigenvalue weighted by molar-refractivity contribution is 5.44. The van der Waals surface area contributed by atoms with Gasteiger partial charge in [-0.15, -0.1) is 6.42 Å². The van der Waals surface area contributed by atoms with Crippen LogP contribution in [0.15, 0.2) is 24.3 Å². The smallest absolute Gasteiger partial charge is 0.0253 e. The molecule has 1 nitrogen and oxygen atoms in total. The highest BCUT2D eigenvalue weighted by Gasteiger charge is 2.63. The van der Waals surface area contributed by atoms with E-state index >= 15 is 0 Å². The molecular weight excluding hydrogens is 182 g/mol. The SMILES string of the molecule is C#Cc1ccc(C2(C3(N)CC3)CC2)cc1. The van der Waals surface area contributed by atoms with Crippen LogP contribution in [0.1, 0.15) is 36.8 Å². The summed E-state index contributed by atoms with van der Waals surface area (Å²) in [6, 6.07) is 8.38. The van der Waals surface area contributed by atoms with Crippen molar-refractivity contribution in [2.45, 2.75) is 36.6 Å². The maximum absolute atomic E-state index is 6.35. The van der Waals surface area contributed by atoms with Gasteiger partial charge >= 0.3 is 0 Å². The Morgan fingerprint density at radius 3 is 2.07 bits per heavy atom. The van der Waals surface area contributed by atoms with Gasteiger partial charge in [0.05, 0.1) is 0 Å². The Morgan fingerprint density at radius 1 is 1.07 bits per heavy atom. The number of nitrogens with two attached hydrogens (primary N) is 1. The monoisotopic (exact) mass is 197 g/mol. The summed E-state index contributed by atoms with van der Waals surface area (Å²) in [4.78, 5) is 0. The number of terminal acetylenes is 1. The van der Waals surface area contributed by atoms with Crippen molar-refractivity contribution < 1.29 is 0 Å². The molecule has 2 aliphatic rings. The van der Waals surface area contributed by atoms with Crippen LogP contribution < -0.4 is 5.73 Å². The van der Waals surface area contributed by atoms with Gasteiger partial charge in [-0.1, -0.05) is 18.1 Å². The molecule has 2 saturated carbocycles. The molecule has 2 N–H and O–H groups in total. The van der Waals surface area contributed by atoms with Crippen LogP contribution in [0.2, 0.25) is 0 Å². The number of hydrogen-bond donors (Lipinski definition) is 1. The summed E-state index contributed by atoms with van der Waals surface area (Å²) < 4.78 is 0. The van der Waals surface area contributed by atoms with Gasteiger partial charge in [-0.05, 0) is 43.4 Å². The molecule has 0 aliphatic heterocycles. The molecule has 0 atom stereocenters. The Labute approximate surface area is 90.7 Å². The van der Waals surface area contributed by atoms with E-state index in [1.165, 1.54) is 31.2 Å². The van der Waals surface area contributed by atoms with Crippen molar-refractivity contribution in [3.05, 3.63) is 35.4 Å². The van der Waals surface area contributed by atoms with Crippen LogP contribution in [-0.4, -0.2) is 5.54 Å². The van der Waals surface area contributed by atoms with Gasteiger partial charge in [0.2, 0.25) is 0 Å². The molecule has 15 heavy (non-hydrogen) atoms. The molecule has 0 saturated heterocycles. The van der Waals surface area contributed by atoms with Gasteiger partial charge in [0, 0.05) is 16.5 Å². The highest BCUT2D eigenvalue weighted by Crippen LogP contribution is 2.63. The molecule has 0 spiro atoms. The third-order valence-electron chi connectivity index (χ3n) is 4.10. The Balaban J connectivity index is 1.97. The molecule has 2 fully saturated rings. The van der Waals surface area contributed by atoms with Crippen molar-refractivity contribution in [2.24, 2.45) is 5.73 Å². The maximum atomic E-state index is 6.35. The van der Waals surface area contributed by atoms with Crippen molar-refractivity contribution in [3.63, 3.8) is 0 Å². The average molecular weight is 197 g/mol. The van der Waals surface area contributed by atoms with E-state index in [1.807, 2.05) is 12.1 Å². The molecule has 0 unspecified atom stereocenters.